The minimum atomic E-state index is -0.376. The molecule has 2 heterocycles. The minimum Gasteiger partial charge on any atom is -0.469 e. The molecule has 0 amide bonds. The summed E-state index contributed by atoms with van der Waals surface area (Å²) in [6, 6.07) is 2.14. The lowest BCUT2D eigenvalue weighted by atomic mass is 9.46. The smallest absolute Gasteiger partial charge is 0.311 e. The van der Waals surface area contributed by atoms with Crippen molar-refractivity contribution in [2.24, 2.45) is 22.7 Å². The molecule has 4 rings (SSSR count). The molecule has 0 saturated heterocycles. The largest absolute Gasteiger partial charge is 0.469 e. The molecule has 2 aliphatic carbocycles. The van der Waals surface area contributed by atoms with Gasteiger partial charge >= 0.3 is 5.97 Å². The minimum absolute atomic E-state index is 0.0292. The van der Waals surface area contributed by atoms with Crippen LogP contribution in [0, 0.1) is 22.7 Å². The first kappa shape index (κ1) is 22.1. The van der Waals surface area contributed by atoms with Crippen molar-refractivity contribution in [1.29, 1.82) is 0 Å². The van der Waals surface area contributed by atoms with E-state index in [1.54, 1.807) is 0 Å². The van der Waals surface area contributed by atoms with E-state index >= 15 is 0 Å². The fourth-order valence-electron chi connectivity index (χ4n) is 6.90. The van der Waals surface area contributed by atoms with Crippen LogP contribution in [0.1, 0.15) is 63.7 Å². The van der Waals surface area contributed by atoms with Gasteiger partial charge in [0.05, 0.1) is 25.0 Å². The van der Waals surface area contributed by atoms with Crippen LogP contribution in [0.5, 0.6) is 0 Å². The van der Waals surface area contributed by atoms with E-state index in [9.17, 15) is 4.79 Å². The molecule has 1 aliphatic heterocycles. The molecule has 2 fully saturated rings. The first-order valence-corrected chi connectivity index (χ1v) is 11.9. The number of esters is 1. The number of aryl methyl sites for hydroxylation is 1. The summed E-state index contributed by atoms with van der Waals surface area (Å²) >= 11 is 0. The molecular formula is C27H38NO3+. The Labute approximate surface area is 187 Å². The van der Waals surface area contributed by atoms with Crippen molar-refractivity contribution in [3.8, 4) is 0 Å². The number of allylic oxidation sites excluding steroid dienone is 3. The van der Waals surface area contributed by atoms with Crippen molar-refractivity contribution < 1.29 is 18.8 Å². The molecule has 0 spiro atoms. The zero-order chi connectivity index (χ0) is 22.1. The van der Waals surface area contributed by atoms with E-state index in [4.69, 9.17) is 9.15 Å². The van der Waals surface area contributed by atoms with Crippen molar-refractivity contribution in [1.82, 2.24) is 0 Å². The van der Waals surface area contributed by atoms with Gasteiger partial charge in [0.1, 0.15) is 13.1 Å². The number of fused-ring (bicyclic) bond motifs is 1. The molecule has 4 heteroatoms. The van der Waals surface area contributed by atoms with Crippen molar-refractivity contribution in [2.45, 2.75) is 65.3 Å². The molecule has 0 bridgehead atoms. The van der Waals surface area contributed by atoms with Gasteiger partial charge < -0.3 is 9.15 Å². The quantitative estimate of drug-likeness (QED) is 0.535. The number of methoxy groups -OCH3 is 1. The number of hydrogen-bond donors (Lipinski definition) is 1. The molecule has 5 unspecified atom stereocenters. The molecule has 4 nitrogen and oxygen atoms in total. The van der Waals surface area contributed by atoms with Gasteiger partial charge in [-0.3, -0.25) is 9.69 Å². The average molecular weight is 425 g/mol. The maximum atomic E-state index is 12.8. The topological polar surface area (TPSA) is 43.9 Å². The highest BCUT2D eigenvalue weighted by Gasteiger charge is 2.57. The van der Waals surface area contributed by atoms with Crippen molar-refractivity contribution in [3.05, 3.63) is 60.2 Å². The predicted molar refractivity (Wildman–Crippen MR) is 122 cm³/mol. The van der Waals surface area contributed by atoms with Gasteiger partial charge in [-0.1, -0.05) is 31.6 Å². The lowest BCUT2D eigenvalue weighted by molar-refractivity contribution is -0.856. The Hall–Kier alpha value is -2.07. The van der Waals surface area contributed by atoms with E-state index in [1.165, 1.54) is 29.6 Å². The van der Waals surface area contributed by atoms with Gasteiger partial charge in [-0.15, -0.1) is 0 Å². The summed E-state index contributed by atoms with van der Waals surface area (Å²) in [6.07, 6.45) is 17.8. The Morgan fingerprint density at radius 2 is 2.16 bits per heavy atom. The third-order valence-electron chi connectivity index (χ3n) is 8.56. The number of carbonyl (C=O) groups is 1. The molecule has 31 heavy (non-hydrogen) atoms. The Balaban J connectivity index is 1.50. The third kappa shape index (κ3) is 4.07. The molecule has 168 valence electrons. The van der Waals surface area contributed by atoms with Crippen molar-refractivity contribution >= 4 is 5.97 Å². The number of carbonyl (C=O) groups excluding carboxylic acids is 1. The number of ether oxygens (including phenoxy) is 1. The molecule has 5 atom stereocenters. The SMILES string of the molecule is C=C1CCC2C(C)(C(=O)OC)CCCC2(C)C1CCc1ccoc1C[NH+]1C=CC=CC1. The van der Waals surface area contributed by atoms with Gasteiger partial charge in [0.25, 0.3) is 0 Å². The standard InChI is InChI=1S/C27H37NO3/c1-20-9-12-24-26(2,14-8-15-27(24,3)25(29)30-4)22(20)11-10-21-13-18-31-23(21)19-28-16-6-5-7-17-28/h5-7,13,16,18,22,24H,1,8-12,14-15,17,19H2,2-4H3/p+1. The summed E-state index contributed by atoms with van der Waals surface area (Å²) in [5, 5.41) is 0. The number of hydrogen-bond acceptors (Lipinski definition) is 3. The second-order valence-corrected chi connectivity index (χ2v) is 10.3. The van der Waals surface area contributed by atoms with E-state index in [0.29, 0.717) is 11.8 Å². The molecule has 1 aromatic heterocycles. The van der Waals surface area contributed by atoms with E-state index in [0.717, 1.165) is 57.4 Å². The van der Waals surface area contributed by atoms with Crippen LogP contribution in [0.4, 0.5) is 0 Å². The Morgan fingerprint density at radius 1 is 1.32 bits per heavy atom. The number of furan rings is 1. The molecule has 1 N–H and O–H groups in total. The van der Waals surface area contributed by atoms with Crippen LogP contribution in [-0.2, 0) is 22.5 Å². The second kappa shape index (κ2) is 8.82. The highest BCUT2D eigenvalue weighted by Crippen LogP contribution is 2.62. The summed E-state index contributed by atoms with van der Waals surface area (Å²) < 4.78 is 11.2. The first-order valence-electron chi connectivity index (χ1n) is 11.9. The average Bonchev–Trinajstić information content (AvgIpc) is 3.20. The van der Waals surface area contributed by atoms with Crippen LogP contribution in [-0.4, -0.2) is 19.6 Å². The normalized spacial score (nSPS) is 35.1. The van der Waals surface area contributed by atoms with Crippen LogP contribution in [0.25, 0.3) is 0 Å². The Morgan fingerprint density at radius 3 is 2.90 bits per heavy atom. The first-order chi connectivity index (χ1) is 14.9. The van der Waals surface area contributed by atoms with Crippen molar-refractivity contribution in [2.75, 3.05) is 13.7 Å². The van der Waals surface area contributed by atoms with E-state index in [-0.39, 0.29) is 16.8 Å². The zero-order valence-electron chi connectivity index (χ0n) is 19.4. The van der Waals surface area contributed by atoms with E-state index in [2.05, 4.69) is 50.9 Å². The third-order valence-corrected chi connectivity index (χ3v) is 8.56. The summed E-state index contributed by atoms with van der Waals surface area (Å²) in [5.74, 6) is 1.86. The lowest BCUT2D eigenvalue weighted by Crippen LogP contribution is -3.06. The van der Waals surface area contributed by atoms with Crippen molar-refractivity contribution in [3.63, 3.8) is 0 Å². The highest BCUT2D eigenvalue weighted by atomic mass is 16.5. The summed E-state index contributed by atoms with van der Waals surface area (Å²) in [5.41, 5.74) is 2.42. The monoisotopic (exact) mass is 424 g/mol. The number of quaternary nitrogens is 1. The Bertz CT molecular complexity index is 881. The van der Waals surface area contributed by atoms with Gasteiger partial charge in [-0.25, -0.2) is 0 Å². The fraction of sp³-hybridized carbons (Fsp3) is 0.593. The Kier molecular flexibility index (Phi) is 6.30. The maximum absolute atomic E-state index is 12.8. The molecule has 2 saturated carbocycles. The van der Waals surface area contributed by atoms with Crippen LogP contribution < -0.4 is 4.90 Å². The zero-order valence-corrected chi connectivity index (χ0v) is 19.4. The molecule has 0 aromatic carbocycles. The second-order valence-electron chi connectivity index (χ2n) is 10.3. The number of rotatable bonds is 6. The summed E-state index contributed by atoms with van der Waals surface area (Å²) in [7, 11) is 1.54. The molecule has 0 radical (unpaired) electrons. The molecular weight excluding hydrogens is 386 g/mol. The van der Waals surface area contributed by atoms with Crippen LogP contribution in [0.3, 0.4) is 0 Å². The van der Waals surface area contributed by atoms with Gasteiger partial charge in [-0.2, -0.15) is 0 Å². The highest BCUT2D eigenvalue weighted by molar-refractivity contribution is 5.77. The lowest BCUT2D eigenvalue weighted by Gasteiger charge is -2.57. The maximum Gasteiger partial charge on any atom is 0.311 e. The van der Waals surface area contributed by atoms with Crippen LogP contribution in [0.15, 0.2) is 53.3 Å². The summed E-state index contributed by atoms with van der Waals surface area (Å²) in [4.78, 5) is 14.2. The molecule has 1 aromatic rings. The van der Waals surface area contributed by atoms with Gasteiger partial charge in [0.2, 0.25) is 0 Å². The van der Waals surface area contributed by atoms with E-state index in [1.807, 2.05) is 6.26 Å². The van der Waals surface area contributed by atoms with Crippen LogP contribution >= 0.6 is 0 Å². The van der Waals surface area contributed by atoms with Gasteiger partial charge in [-0.05, 0) is 86.5 Å². The van der Waals surface area contributed by atoms with Gasteiger partial charge in [0.15, 0.2) is 5.76 Å². The van der Waals surface area contributed by atoms with Gasteiger partial charge in [0, 0.05) is 0 Å². The van der Waals surface area contributed by atoms with Crippen LogP contribution in [0.2, 0.25) is 0 Å². The molecule has 3 aliphatic rings. The van der Waals surface area contributed by atoms with E-state index < -0.39 is 0 Å². The predicted octanol–water partition coefficient (Wildman–Crippen LogP) is 4.63. The fourth-order valence-corrected chi connectivity index (χ4v) is 6.90. The number of nitrogens with one attached hydrogen (secondary N) is 1. The summed E-state index contributed by atoms with van der Waals surface area (Å²) in [6.45, 7) is 10.9.